The highest BCUT2D eigenvalue weighted by Gasteiger charge is 2.59. The summed E-state index contributed by atoms with van der Waals surface area (Å²) in [4.78, 5) is 6.83. The van der Waals surface area contributed by atoms with Gasteiger partial charge in [0.05, 0.1) is 18.8 Å². The van der Waals surface area contributed by atoms with E-state index in [1.807, 2.05) is 19.2 Å². The van der Waals surface area contributed by atoms with Gasteiger partial charge in [-0.3, -0.25) is 4.99 Å². The number of fused-ring (bicyclic) bond motifs is 1. The van der Waals surface area contributed by atoms with E-state index >= 15 is 0 Å². The molecule has 2 aliphatic heterocycles. The van der Waals surface area contributed by atoms with Crippen molar-refractivity contribution in [1.82, 2.24) is 10.2 Å². The fourth-order valence-corrected chi connectivity index (χ4v) is 5.04. The lowest BCUT2D eigenvalue weighted by Gasteiger charge is -2.55. The molecule has 1 aromatic rings. The largest absolute Gasteiger partial charge is 0.377 e. The Kier molecular flexibility index (Phi) is 6.56. The van der Waals surface area contributed by atoms with Crippen molar-refractivity contribution in [3.05, 3.63) is 35.6 Å². The van der Waals surface area contributed by atoms with Crippen LogP contribution in [0.5, 0.6) is 0 Å². The molecule has 5 unspecified atom stereocenters. The summed E-state index contributed by atoms with van der Waals surface area (Å²) in [7, 11) is 1.84. The van der Waals surface area contributed by atoms with Crippen molar-refractivity contribution in [2.24, 2.45) is 16.3 Å². The zero-order valence-electron chi connectivity index (χ0n) is 17.0. The molecule has 5 atom stereocenters. The van der Waals surface area contributed by atoms with Crippen molar-refractivity contribution < 1.29 is 13.9 Å². The molecule has 3 fully saturated rings. The third-order valence-corrected chi connectivity index (χ3v) is 6.40. The Balaban J connectivity index is 0.00000225. The van der Waals surface area contributed by atoms with Gasteiger partial charge < -0.3 is 19.7 Å². The number of morpholine rings is 1. The van der Waals surface area contributed by atoms with E-state index in [1.54, 1.807) is 0 Å². The molecule has 0 amide bonds. The van der Waals surface area contributed by atoms with Gasteiger partial charge in [0.2, 0.25) is 0 Å². The van der Waals surface area contributed by atoms with Gasteiger partial charge in [-0.2, -0.15) is 0 Å². The van der Waals surface area contributed by atoms with Gasteiger partial charge in [0.1, 0.15) is 11.9 Å². The fraction of sp³-hybridized carbons (Fsp3) is 0.667. The number of nitrogens with zero attached hydrogens (tertiary/aromatic N) is 2. The molecule has 1 aromatic carbocycles. The van der Waals surface area contributed by atoms with Crippen molar-refractivity contribution in [2.45, 2.75) is 51.5 Å². The summed E-state index contributed by atoms with van der Waals surface area (Å²) in [6.45, 7) is 8.96. The van der Waals surface area contributed by atoms with Gasteiger partial charge in [-0.1, -0.05) is 26.0 Å². The Hall–Kier alpha value is -0.930. The third kappa shape index (κ3) is 3.89. The van der Waals surface area contributed by atoms with Crippen molar-refractivity contribution in [3.8, 4) is 0 Å². The molecule has 0 spiro atoms. The molecule has 0 radical (unpaired) electrons. The number of hydrogen-bond donors (Lipinski definition) is 1. The first-order valence-electron chi connectivity index (χ1n) is 9.91. The lowest BCUT2D eigenvalue weighted by atomic mass is 9.57. The topological polar surface area (TPSA) is 46.1 Å². The van der Waals surface area contributed by atoms with E-state index in [4.69, 9.17) is 9.47 Å². The van der Waals surface area contributed by atoms with Gasteiger partial charge in [-0.25, -0.2) is 4.39 Å². The number of guanidine groups is 1. The lowest BCUT2D eigenvalue weighted by Crippen LogP contribution is -2.68. The van der Waals surface area contributed by atoms with Gasteiger partial charge >= 0.3 is 0 Å². The Labute approximate surface area is 184 Å². The monoisotopic (exact) mass is 503 g/mol. The van der Waals surface area contributed by atoms with Crippen LogP contribution in [0.3, 0.4) is 0 Å². The maximum atomic E-state index is 13.3. The third-order valence-electron chi connectivity index (χ3n) is 6.40. The number of benzene rings is 1. The van der Waals surface area contributed by atoms with Crippen molar-refractivity contribution in [3.63, 3.8) is 0 Å². The molecule has 3 aliphatic rings. The minimum Gasteiger partial charge on any atom is -0.377 e. The molecule has 1 aliphatic carbocycles. The minimum atomic E-state index is -0.225. The smallest absolute Gasteiger partial charge is 0.194 e. The maximum absolute atomic E-state index is 13.3. The number of halogens is 2. The highest BCUT2D eigenvalue weighted by Crippen LogP contribution is 2.52. The summed E-state index contributed by atoms with van der Waals surface area (Å²) in [6, 6.07) is 6.97. The van der Waals surface area contributed by atoms with Crippen molar-refractivity contribution >= 4 is 29.9 Å². The minimum absolute atomic E-state index is 0. The summed E-state index contributed by atoms with van der Waals surface area (Å²) < 4.78 is 25.3. The van der Waals surface area contributed by atoms with E-state index in [0.717, 1.165) is 31.1 Å². The predicted molar refractivity (Wildman–Crippen MR) is 119 cm³/mol. The van der Waals surface area contributed by atoms with Crippen LogP contribution in [0.4, 0.5) is 4.39 Å². The highest BCUT2D eigenvalue weighted by atomic mass is 127. The normalized spacial score (nSPS) is 34.2. The maximum Gasteiger partial charge on any atom is 0.194 e. The molecular weight excluding hydrogens is 472 g/mol. The van der Waals surface area contributed by atoms with Crippen LogP contribution in [0.1, 0.15) is 38.9 Å². The average Bonchev–Trinajstić information content (AvgIpc) is 3.09. The molecule has 28 heavy (non-hydrogen) atoms. The first-order valence-corrected chi connectivity index (χ1v) is 9.91. The van der Waals surface area contributed by atoms with Crippen LogP contribution < -0.4 is 5.32 Å². The first kappa shape index (κ1) is 21.8. The van der Waals surface area contributed by atoms with E-state index in [9.17, 15) is 4.39 Å². The van der Waals surface area contributed by atoms with Crippen molar-refractivity contribution in [1.29, 1.82) is 0 Å². The first-order chi connectivity index (χ1) is 12.9. The highest BCUT2D eigenvalue weighted by molar-refractivity contribution is 14.0. The Morgan fingerprint density at radius 1 is 1.25 bits per heavy atom. The van der Waals surface area contributed by atoms with Crippen LogP contribution in [-0.4, -0.2) is 55.9 Å². The van der Waals surface area contributed by atoms with Crippen LogP contribution in [0.15, 0.2) is 29.3 Å². The van der Waals surface area contributed by atoms with Gasteiger partial charge in [0, 0.05) is 37.6 Å². The van der Waals surface area contributed by atoms with Crippen molar-refractivity contribution in [2.75, 3.05) is 26.7 Å². The quantitative estimate of drug-likeness (QED) is 0.381. The Bertz CT molecular complexity index is 712. The Morgan fingerprint density at radius 2 is 1.96 bits per heavy atom. The fourth-order valence-electron chi connectivity index (χ4n) is 5.04. The molecule has 7 heteroatoms. The zero-order valence-corrected chi connectivity index (χ0v) is 19.4. The predicted octanol–water partition coefficient (Wildman–Crippen LogP) is 3.59. The van der Waals surface area contributed by atoms with E-state index in [1.165, 1.54) is 12.1 Å². The lowest BCUT2D eigenvalue weighted by molar-refractivity contribution is -0.108. The van der Waals surface area contributed by atoms with E-state index in [-0.39, 0.29) is 47.4 Å². The van der Waals surface area contributed by atoms with Crippen LogP contribution >= 0.6 is 24.0 Å². The second-order valence-electron chi connectivity index (χ2n) is 8.63. The number of ether oxygens (including phenoxy) is 2. The molecular formula is C21H31FIN3O2. The van der Waals surface area contributed by atoms with Gasteiger partial charge in [-0.05, 0) is 31.0 Å². The molecule has 1 N–H and O–H groups in total. The van der Waals surface area contributed by atoms with E-state index in [0.29, 0.717) is 24.6 Å². The molecule has 2 saturated heterocycles. The van der Waals surface area contributed by atoms with Crippen LogP contribution in [-0.2, 0) is 9.47 Å². The zero-order chi connectivity index (χ0) is 19.2. The Morgan fingerprint density at radius 3 is 2.64 bits per heavy atom. The standard InChI is InChI=1S/C21H30FN3O2.HI/c1-13-11-25(12-17(27-13)14-5-7-15(22)8-6-14)20(23-4)24-18-16-9-10-26-19(16)21(18,2)3;/h5-8,13,16-19H,9-12H2,1-4H3,(H,23,24);1H. The second kappa shape index (κ2) is 8.44. The van der Waals surface area contributed by atoms with E-state index < -0.39 is 0 Å². The van der Waals surface area contributed by atoms with Crippen LogP contribution in [0.25, 0.3) is 0 Å². The second-order valence-corrected chi connectivity index (χ2v) is 8.63. The number of rotatable bonds is 2. The SMILES string of the molecule is CN=C(NC1C2CCOC2C1(C)C)N1CC(C)OC(c2ccc(F)cc2)C1.I. The molecule has 4 rings (SSSR count). The van der Waals surface area contributed by atoms with Crippen LogP contribution in [0.2, 0.25) is 0 Å². The molecule has 156 valence electrons. The van der Waals surface area contributed by atoms with E-state index in [2.05, 4.69) is 36.0 Å². The molecule has 2 heterocycles. The summed E-state index contributed by atoms with van der Waals surface area (Å²) in [6.07, 6.45) is 1.44. The molecule has 0 aromatic heterocycles. The molecule has 1 saturated carbocycles. The van der Waals surface area contributed by atoms with Crippen LogP contribution in [0, 0.1) is 17.2 Å². The summed E-state index contributed by atoms with van der Waals surface area (Å²) in [5, 5.41) is 3.72. The number of hydrogen-bond acceptors (Lipinski definition) is 3. The number of nitrogens with one attached hydrogen (secondary N) is 1. The summed E-state index contributed by atoms with van der Waals surface area (Å²) >= 11 is 0. The number of aliphatic imine (C=N–C) groups is 1. The van der Waals surface area contributed by atoms with Gasteiger partial charge in [-0.15, -0.1) is 24.0 Å². The summed E-state index contributed by atoms with van der Waals surface area (Å²) in [5.74, 6) is 1.25. The molecule has 5 nitrogen and oxygen atoms in total. The molecule has 0 bridgehead atoms. The average molecular weight is 503 g/mol. The van der Waals surface area contributed by atoms with Gasteiger partial charge in [0.25, 0.3) is 0 Å². The summed E-state index contributed by atoms with van der Waals surface area (Å²) in [5.41, 5.74) is 1.10. The van der Waals surface area contributed by atoms with Gasteiger partial charge in [0.15, 0.2) is 5.96 Å².